The SMILES string of the molecule is CN1CCN(C(=O)c2ccc(S(=O)(=O)N3CCOCC3)cc2)C(CN)C1. The van der Waals surface area contributed by atoms with Gasteiger partial charge in [0.1, 0.15) is 0 Å². The maximum absolute atomic E-state index is 12.8. The molecule has 2 fully saturated rings. The molecule has 0 spiro atoms. The van der Waals surface area contributed by atoms with Gasteiger partial charge in [-0.25, -0.2) is 8.42 Å². The van der Waals surface area contributed by atoms with Crippen LogP contribution in [0.5, 0.6) is 0 Å². The Balaban J connectivity index is 1.75. The first kappa shape index (κ1) is 19.2. The van der Waals surface area contributed by atoms with Crippen LogP contribution in [0.15, 0.2) is 29.2 Å². The van der Waals surface area contributed by atoms with Gasteiger partial charge in [0.2, 0.25) is 10.0 Å². The summed E-state index contributed by atoms with van der Waals surface area (Å²) < 4.78 is 31.9. The van der Waals surface area contributed by atoms with Crippen LogP contribution in [0.1, 0.15) is 10.4 Å². The van der Waals surface area contributed by atoms with Gasteiger partial charge in [-0.3, -0.25) is 4.79 Å². The third kappa shape index (κ3) is 3.91. The zero-order valence-electron chi connectivity index (χ0n) is 15.0. The highest BCUT2D eigenvalue weighted by molar-refractivity contribution is 7.89. The number of carbonyl (C=O) groups excluding carboxylic acids is 1. The second kappa shape index (κ2) is 8.01. The molecule has 9 heteroatoms. The summed E-state index contributed by atoms with van der Waals surface area (Å²) in [6, 6.07) is 6.15. The van der Waals surface area contributed by atoms with Crippen molar-refractivity contribution < 1.29 is 17.9 Å². The number of amides is 1. The van der Waals surface area contributed by atoms with Gasteiger partial charge in [0.25, 0.3) is 5.91 Å². The Morgan fingerprint density at radius 1 is 1.15 bits per heavy atom. The van der Waals surface area contributed by atoms with Crippen molar-refractivity contribution in [3.8, 4) is 0 Å². The lowest BCUT2D eigenvalue weighted by Gasteiger charge is -2.39. The molecule has 1 aromatic rings. The molecule has 1 aromatic carbocycles. The van der Waals surface area contributed by atoms with Crippen molar-refractivity contribution in [3.63, 3.8) is 0 Å². The van der Waals surface area contributed by atoms with E-state index in [2.05, 4.69) is 4.90 Å². The number of benzene rings is 1. The fourth-order valence-corrected chi connectivity index (χ4v) is 4.76. The molecule has 3 rings (SSSR count). The topological polar surface area (TPSA) is 96.2 Å². The van der Waals surface area contributed by atoms with Crippen LogP contribution in [0.25, 0.3) is 0 Å². The van der Waals surface area contributed by atoms with Crippen LogP contribution in [0.4, 0.5) is 0 Å². The lowest BCUT2D eigenvalue weighted by molar-refractivity contribution is 0.0516. The Kier molecular flexibility index (Phi) is 5.93. The van der Waals surface area contributed by atoms with Gasteiger partial charge in [-0.2, -0.15) is 4.31 Å². The molecule has 144 valence electrons. The predicted molar refractivity (Wildman–Crippen MR) is 97.4 cm³/mol. The van der Waals surface area contributed by atoms with E-state index in [1.165, 1.54) is 16.4 Å². The summed E-state index contributed by atoms with van der Waals surface area (Å²) in [7, 11) is -1.54. The first-order valence-electron chi connectivity index (χ1n) is 8.81. The molecular formula is C17H26N4O4S. The highest BCUT2D eigenvalue weighted by atomic mass is 32.2. The van der Waals surface area contributed by atoms with Crippen molar-refractivity contribution in [3.05, 3.63) is 29.8 Å². The number of nitrogens with two attached hydrogens (primary N) is 1. The molecule has 0 radical (unpaired) electrons. The minimum atomic E-state index is -3.55. The largest absolute Gasteiger partial charge is 0.379 e. The molecule has 1 unspecified atom stereocenters. The molecular weight excluding hydrogens is 356 g/mol. The summed E-state index contributed by atoms with van der Waals surface area (Å²) in [4.78, 5) is 16.9. The Morgan fingerprint density at radius 2 is 1.81 bits per heavy atom. The van der Waals surface area contributed by atoms with Gasteiger partial charge in [-0.05, 0) is 31.3 Å². The van der Waals surface area contributed by atoms with Crippen LogP contribution >= 0.6 is 0 Å². The average Bonchev–Trinajstić information content (AvgIpc) is 2.68. The predicted octanol–water partition coefficient (Wildman–Crippen LogP) is -0.578. The number of morpholine rings is 1. The lowest BCUT2D eigenvalue weighted by Crippen LogP contribution is -2.56. The Bertz CT molecular complexity index is 732. The van der Waals surface area contributed by atoms with E-state index in [9.17, 15) is 13.2 Å². The lowest BCUT2D eigenvalue weighted by atomic mass is 10.1. The van der Waals surface area contributed by atoms with Crippen LogP contribution < -0.4 is 5.73 Å². The second-order valence-corrected chi connectivity index (χ2v) is 8.63. The summed E-state index contributed by atoms with van der Waals surface area (Å²) in [6.45, 7) is 4.06. The van der Waals surface area contributed by atoms with E-state index in [-0.39, 0.29) is 16.8 Å². The Morgan fingerprint density at radius 3 is 2.42 bits per heavy atom. The molecule has 0 aliphatic carbocycles. The van der Waals surface area contributed by atoms with Gasteiger partial charge in [-0.15, -0.1) is 0 Å². The Hall–Kier alpha value is -1.52. The smallest absolute Gasteiger partial charge is 0.254 e. The standard InChI is InChI=1S/C17H26N4O4S/c1-19-6-7-21(15(12-18)13-19)17(22)14-2-4-16(5-3-14)26(23,24)20-8-10-25-11-9-20/h2-5,15H,6-13,18H2,1H3. The molecule has 2 saturated heterocycles. The normalized spacial score (nSPS) is 23.2. The molecule has 1 atom stereocenters. The fraction of sp³-hybridized carbons (Fsp3) is 0.588. The first-order chi connectivity index (χ1) is 12.4. The fourth-order valence-electron chi connectivity index (χ4n) is 3.35. The van der Waals surface area contributed by atoms with E-state index in [1.807, 2.05) is 7.05 Å². The highest BCUT2D eigenvalue weighted by Crippen LogP contribution is 2.19. The van der Waals surface area contributed by atoms with Crippen LogP contribution in [-0.2, 0) is 14.8 Å². The van der Waals surface area contributed by atoms with E-state index in [1.54, 1.807) is 17.0 Å². The van der Waals surface area contributed by atoms with Crippen LogP contribution in [0.3, 0.4) is 0 Å². The molecule has 2 N–H and O–H groups in total. The maximum Gasteiger partial charge on any atom is 0.254 e. The minimum absolute atomic E-state index is 0.0296. The van der Waals surface area contributed by atoms with Crippen molar-refractivity contribution in [2.24, 2.45) is 5.73 Å². The molecule has 0 aromatic heterocycles. The highest BCUT2D eigenvalue weighted by Gasteiger charge is 2.30. The van der Waals surface area contributed by atoms with Gasteiger partial charge in [-0.1, -0.05) is 0 Å². The van der Waals surface area contributed by atoms with E-state index in [4.69, 9.17) is 10.5 Å². The number of hydrogen-bond acceptors (Lipinski definition) is 6. The van der Waals surface area contributed by atoms with Gasteiger partial charge >= 0.3 is 0 Å². The van der Waals surface area contributed by atoms with E-state index in [0.29, 0.717) is 45.0 Å². The minimum Gasteiger partial charge on any atom is -0.379 e. The monoisotopic (exact) mass is 382 g/mol. The first-order valence-corrected chi connectivity index (χ1v) is 10.2. The molecule has 2 aliphatic rings. The third-order valence-electron chi connectivity index (χ3n) is 4.93. The Labute approximate surface area is 154 Å². The summed E-state index contributed by atoms with van der Waals surface area (Å²) >= 11 is 0. The molecule has 8 nitrogen and oxygen atoms in total. The van der Waals surface area contributed by atoms with Crippen LogP contribution in [0.2, 0.25) is 0 Å². The van der Waals surface area contributed by atoms with E-state index in [0.717, 1.165) is 13.1 Å². The molecule has 0 saturated carbocycles. The number of hydrogen-bond donors (Lipinski definition) is 1. The number of piperazine rings is 1. The summed E-state index contributed by atoms with van der Waals surface area (Å²) in [6.07, 6.45) is 0. The zero-order valence-corrected chi connectivity index (χ0v) is 15.8. The molecule has 2 aliphatic heterocycles. The number of carbonyl (C=O) groups is 1. The van der Waals surface area contributed by atoms with Crippen molar-refractivity contribution in [1.82, 2.24) is 14.1 Å². The van der Waals surface area contributed by atoms with E-state index >= 15 is 0 Å². The summed E-state index contributed by atoms with van der Waals surface area (Å²) in [5.41, 5.74) is 6.30. The second-order valence-electron chi connectivity index (χ2n) is 6.69. The van der Waals surface area contributed by atoms with Crippen molar-refractivity contribution in [2.75, 3.05) is 59.5 Å². The van der Waals surface area contributed by atoms with Crippen molar-refractivity contribution in [2.45, 2.75) is 10.9 Å². The van der Waals surface area contributed by atoms with E-state index < -0.39 is 10.0 Å². The molecule has 1 amide bonds. The van der Waals surface area contributed by atoms with Gasteiger partial charge in [0, 0.05) is 44.8 Å². The van der Waals surface area contributed by atoms with Crippen LogP contribution in [0, 0.1) is 0 Å². The number of nitrogens with zero attached hydrogens (tertiary/aromatic N) is 3. The summed E-state index contributed by atoms with van der Waals surface area (Å²) in [5, 5.41) is 0. The van der Waals surface area contributed by atoms with Crippen molar-refractivity contribution >= 4 is 15.9 Å². The zero-order chi connectivity index (χ0) is 18.7. The third-order valence-corrected chi connectivity index (χ3v) is 6.84. The van der Waals surface area contributed by atoms with Gasteiger partial charge in [0.05, 0.1) is 24.2 Å². The van der Waals surface area contributed by atoms with Gasteiger partial charge in [0.15, 0.2) is 0 Å². The number of likely N-dealkylation sites (N-methyl/N-ethyl adjacent to an activating group) is 1. The number of ether oxygens (including phenoxy) is 1. The van der Waals surface area contributed by atoms with Crippen molar-refractivity contribution in [1.29, 1.82) is 0 Å². The van der Waals surface area contributed by atoms with Gasteiger partial charge < -0.3 is 20.3 Å². The molecule has 2 heterocycles. The molecule has 0 bridgehead atoms. The van der Waals surface area contributed by atoms with Crippen LogP contribution in [-0.4, -0.2) is 94.0 Å². The number of sulfonamides is 1. The quantitative estimate of drug-likeness (QED) is 0.749. The maximum atomic E-state index is 12.8. The average molecular weight is 382 g/mol. The summed E-state index contributed by atoms with van der Waals surface area (Å²) in [5.74, 6) is -0.108. The number of rotatable bonds is 4. The molecule has 26 heavy (non-hydrogen) atoms.